The maximum Gasteiger partial charge on any atom is 0.281 e. The summed E-state index contributed by atoms with van der Waals surface area (Å²) in [5, 5.41) is 0.907. The molecule has 0 spiro atoms. The molecule has 0 aliphatic carbocycles. The van der Waals surface area contributed by atoms with Crippen molar-refractivity contribution >= 4 is 62.5 Å². The smallest absolute Gasteiger partial charge is 0.281 e. The lowest BCUT2D eigenvalue weighted by atomic mass is 10.1. The molecule has 0 bridgehead atoms. The number of nitrogens with zero attached hydrogens (tertiary/aromatic N) is 2. The van der Waals surface area contributed by atoms with Gasteiger partial charge in [-0.3, -0.25) is 9.69 Å². The molecule has 1 amide bonds. The Bertz CT molecular complexity index is 1170. The Labute approximate surface area is 199 Å². The third-order valence-corrected chi connectivity index (χ3v) is 6.12. The van der Waals surface area contributed by atoms with Crippen LogP contribution in [0.25, 0.3) is 6.08 Å². The van der Waals surface area contributed by atoms with Crippen molar-refractivity contribution in [3.8, 4) is 5.75 Å². The minimum Gasteiger partial charge on any atom is -0.487 e. The molecular weight excluding hydrogens is 496 g/mol. The topological polar surface area (TPSA) is 32.8 Å². The van der Waals surface area contributed by atoms with E-state index in [1.807, 2.05) is 60.7 Å². The summed E-state index contributed by atoms with van der Waals surface area (Å²) in [6, 6.07) is 22.7. The van der Waals surface area contributed by atoms with Crippen LogP contribution in [0.2, 0.25) is 5.02 Å². The molecule has 0 aromatic heterocycles. The Hall–Kier alpha value is -2.67. The second kappa shape index (κ2) is 9.22. The first-order valence-electron chi connectivity index (χ1n) is 9.50. The van der Waals surface area contributed by atoms with Gasteiger partial charge < -0.3 is 9.64 Å². The molecule has 4 rings (SSSR count). The Balaban J connectivity index is 1.53. The number of hydrogen-bond donors (Lipinski definition) is 0. The Morgan fingerprint density at radius 3 is 2.45 bits per heavy atom. The molecule has 0 radical (unpaired) electrons. The minimum atomic E-state index is -0.176. The van der Waals surface area contributed by atoms with Crippen molar-refractivity contribution in [1.82, 2.24) is 4.90 Å². The Morgan fingerprint density at radius 2 is 1.77 bits per heavy atom. The predicted octanol–water partition coefficient (Wildman–Crippen LogP) is 6.29. The third-order valence-electron chi connectivity index (χ3n) is 4.84. The first-order valence-corrected chi connectivity index (χ1v) is 11.1. The van der Waals surface area contributed by atoms with E-state index < -0.39 is 0 Å². The van der Waals surface area contributed by atoms with Crippen LogP contribution in [0.1, 0.15) is 11.1 Å². The zero-order valence-corrected chi connectivity index (χ0v) is 19.7. The molecule has 0 N–H and O–H groups in total. The summed E-state index contributed by atoms with van der Waals surface area (Å²) in [7, 11) is 1.78. The number of halogens is 2. The van der Waals surface area contributed by atoms with Gasteiger partial charge in [-0.2, -0.15) is 0 Å². The van der Waals surface area contributed by atoms with Gasteiger partial charge >= 0.3 is 0 Å². The zero-order chi connectivity index (χ0) is 22.0. The number of ether oxygens (including phenoxy) is 1. The lowest BCUT2D eigenvalue weighted by Gasteiger charge is -2.16. The van der Waals surface area contributed by atoms with Crippen molar-refractivity contribution in [2.75, 3.05) is 11.9 Å². The molecule has 0 atom stereocenters. The lowest BCUT2D eigenvalue weighted by Crippen LogP contribution is -2.30. The first kappa shape index (κ1) is 21.6. The van der Waals surface area contributed by atoms with Gasteiger partial charge in [0.05, 0.1) is 10.7 Å². The molecule has 31 heavy (non-hydrogen) atoms. The fraction of sp³-hybridized carbons (Fsp3) is 0.0833. The van der Waals surface area contributed by atoms with Gasteiger partial charge in [0, 0.05) is 11.5 Å². The number of carbonyl (C=O) groups is 1. The van der Waals surface area contributed by atoms with E-state index in [-0.39, 0.29) is 5.91 Å². The number of carbonyl (C=O) groups excluding carboxylic acids is 1. The molecule has 3 aromatic carbocycles. The van der Waals surface area contributed by atoms with Crippen molar-refractivity contribution in [3.05, 3.63) is 99.1 Å². The molecule has 4 nitrogen and oxygen atoms in total. The number of likely N-dealkylation sites (N-methyl/N-ethyl adjacent to an activating group) is 1. The normalized spacial score (nSPS) is 15.1. The Kier molecular flexibility index (Phi) is 6.41. The van der Waals surface area contributed by atoms with Crippen LogP contribution in [0.4, 0.5) is 5.69 Å². The number of thiocarbonyl (C=S) groups is 1. The molecule has 1 saturated heterocycles. The molecule has 3 aromatic rings. The van der Waals surface area contributed by atoms with Gasteiger partial charge in [0.15, 0.2) is 5.11 Å². The number of rotatable bonds is 5. The monoisotopic (exact) mass is 512 g/mol. The molecule has 156 valence electrons. The highest BCUT2D eigenvalue weighted by Gasteiger charge is 2.36. The van der Waals surface area contributed by atoms with Crippen LogP contribution in [0, 0.1) is 0 Å². The summed E-state index contributed by atoms with van der Waals surface area (Å²) in [5.41, 5.74) is 3.04. The summed E-state index contributed by atoms with van der Waals surface area (Å²) in [5.74, 6) is 0.407. The van der Waals surface area contributed by atoms with E-state index in [2.05, 4.69) is 15.9 Å². The number of amides is 1. The molecule has 1 heterocycles. The fourth-order valence-electron chi connectivity index (χ4n) is 3.18. The highest BCUT2D eigenvalue weighted by atomic mass is 79.9. The van der Waals surface area contributed by atoms with Gasteiger partial charge in [0.25, 0.3) is 5.91 Å². The van der Waals surface area contributed by atoms with Crippen molar-refractivity contribution < 1.29 is 9.53 Å². The van der Waals surface area contributed by atoms with Crippen LogP contribution in [-0.2, 0) is 11.4 Å². The molecule has 1 fully saturated rings. The van der Waals surface area contributed by atoms with Crippen molar-refractivity contribution in [2.24, 2.45) is 0 Å². The van der Waals surface area contributed by atoms with Gasteiger partial charge in [-0.05, 0) is 65.8 Å². The minimum absolute atomic E-state index is 0.176. The summed E-state index contributed by atoms with van der Waals surface area (Å²) < 4.78 is 6.86. The van der Waals surface area contributed by atoms with E-state index in [0.717, 1.165) is 21.3 Å². The quantitative estimate of drug-likeness (QED) is 0.297. The van der Waals surface area contributed by atoms with Crippen LogP contribution >= 0.6 is 39.7 Å². The van der Waals surface area contributed by atoms with E-state index in [1.165, 1.54) is 4.90 Å². The number of benzene rings is 3. The van der Waals surface area contributed by atoms with E-state index in [1.54, 1.807) is 30.2 Å². The highest BCUT2D eigenvalue weighted by Crippen LogP contribution is 2.30. The van der Waals surface area contributed by atoms with E-state index in [0.29, 0.717) is 28.2 Å². The summed E-state index contributed by atoms with van der Waals surface area (Å²) in [6.07, 6.45) is 1.78. The lowest BCUT2D eigenvalue weighted by molar-refractivity contribution is -0.114. The maximum atomic E-state index is 13.0. The number of hydrogen-bond acceptors (Lipinski definition) is 3. The van der Waals surface area contributed by atoms with E-state index in [9.17, 15) is 4.79 Å². The van der Waals surface area contributed by atoms with Crippen LogP contribution in [0.5, 0.6) is 5.75 Å². The van der Waals surface area contributed by atoms with Crippen LogP contribution in [-0.4, -0.2) is 23.0 Å². The van der Waals surface area contributed by atoms with Gasteiger partial charge in [-0.25, -0.2) is 0 Å². The van der Waals surface area contributed by atoms with Gasteiger partial charge in [-0.15, -0.1) is 0 Å². The second-order valence-corrected chi connectivity index (χ2v) is 8.64. The van der Waals surface area contributed by atoms with Gasteiger partial charge in [-0.1, -0.05) is 63.9 Å². The summed E-state index contributed by atoms with van der Waals surface area (Å²) >= 11 is 15.3. The van der Waals surface area contributed by atoms with Crippen molar-refractivity contribution in [2.45, 2.75) is 6.61 Å². The summed E-state index contributed by atoms with van der Waals surface area (Å²) in [4.78, 5) is 16.3. The third kappa shape index (κ3) is 4.66. The average molecular weight is 514 g/mol. The average Bonchev–Trinajstić information content (AvgIpc) is 2.98. The predicted molar refractivity (Wildman–Crippen MR) is 132 cm³/mol. The fourth-order valence-corrected chi connectivity index (χ4v) is 3.98. The van der Waals surface area contributed by atoms with E-state index >= 15 is 0 Å². The standard InChI is InChI=1S/C24H18BrClN2O2S/c1-27-21(23(29)28(24(27)31)19-5-3-2-4-6-19)14-17-9-12-22(20(26)13-17)30-15-16-7-10-18(25)11-8-16/h2-14H,15H2,1H3/b21-14-. The maximum absolute atomic E-state index is 13.0. The number of para-hydroxylation sites is 1. The van der Waals surface area contributed by atoms with Crippen molar-refractivity contribution in [3.63, 3.8) is 0 Å². The Morgan fingerprint density at radius 1 is 1.06 bits per heavy atom. The molecular formula is C24H18BrClN2O2S. The van der Waals surface area contributed by atoms with Crippen LogP contribution in [0.15, 0.2) is 83.0 Å². The first-order chi connectivity index (χ1) is 14.9. The van der Waals surface area contributed by atoms with Gasteiger partial charge in [0.2, 0.25) is 0 Å². The molecule has 0 unspecified atom stereocenters. The van der Waals surface area contributed by atoms with Crippen molar-refractivity contribution in [1.29, 1.82) is 0 Å². The second-order valence-electron chi connectivity index (χ2n) is 6.95. The molecule has 1 aliphatic heterocycles. The van der Waals surface area contributed by atoms with Crippen LogP contribution in [0.3, 0.4) is 0 Å². The summed E-state index contributed by atoms with van der Waals surface area (Å²) in [6.45, 7) is 0.412. The van der Waals surface area contributed by atoms with E-state index in [4.69, 9.17) is 28.6 Å². The molecule has 1 aliphatic rings. The zero-order valence-electron chi connectivity index (χ0n) is 16.6. The van der Waals surface area contributed by atoms with Gasteiger partial charge in [0.1, 0.15) is 18.1 Å². The molecule has 0 saturated carbocycles. The number of anilines is 1. The SMILES string of the molecule is CN1C(=S)N(c2ccccc2)C(=O)/C1=C/c1ccc(OCc2ccc(Br)cc2)c(Cl)c1. The molecule has 7 heteroatoms. The van der Waals surface area contributed by atoms with Crippen LogP contribution < -0.4 is 9.64 Å². The largest absolute Gasteiger partial charge is 0.487 e. The highest BCUT2D eigenvalue weighted by molar-refractivity contribution is 9.10.